The summed E-state index contributed by atoms with van der Waals surface area (Å²) in [6, 6.07) is 11.1. The van der Waals surface area contributed by atoms with Gasteiger partial charge in [-0.15, -0.1) is 0 Å². The number of carboxylic acid groups (broad SMARTS) is 1. The molecule has 1 amide bonds. The topological polar surface area (TPSA) is 90.2 Å². The molecular weight excluding hydrogens is 376 g/mol. The second-order valence-corrected chi connectivity index (χ2v) is 6.88. The van der Waals surface area contributed by atoms with E-state index in [1.165, 1.54) is 34.9 Å². The Bertz CT molecular complexity index is 971. The lowest BCUT2D eigenvalue weighted by Crippen LogP contribution is -2.23. The molecule has 0 atom stereocenters. The molecule has 1 aliphatic rings. The highest BCUT2D eigenvalue weighted by Gasteiger charge is 2.30. The van der Waals surface area contributed by atoms with Gasteiger partial charge in [-0.2, -0.15) is 0 Å². The Hall–Kier alpha value is -2.77. The van der Waals surface area contributed by atoms with Crippen molar-refractivity contribution in [2.24, 2.45) is 4.99 Å². The van der Waals surface area contributed by atoms with Crippen molar-refractivity contribution in [3.05, 3.63) is 63.5 Å². The third kappa shape index (κ3) is 3.74. The summed E-state index contributed by atoms with van der Waals surface area (Å²) in [6.07, 6.45) is 1.73. The van der Waals surface area contributed by atoms with E-state index in [2.05, 4.69) is 4.99 Å². The van der Waals surface area contributed by atoms with E-state index in [-0.39, 0.29) is 17.2 Å². The smallest absolute Gasteiger partial charge is 0.339 e. The Kier molecular flexibility index (Phi) is 5.01. The average Bonchev–Trinajstić information content (AvgIpc) is 2.83. The Labute approximate surface area is 158 Å². The maximum Gasteiger partial charge on any atom is 0.339 e. The van der Waals surface area contributed by atoms with Crippen LogP contribution in [0.2, 0.25) is 5.02 Å². The summed E-state index contributed by atoms with van der Waals surface area (Å²) in [5.41, 5.74) is 0.934. The zero-order valence-corrected chi connectivity index (χ0v) is 15.1. The molecule has 1 fully saturated rings. The molecule has 3 rings (SSSR count). The first-order valence-corrected chi connectivity index (χ1v) is 8.63. The van der Waals surface area contributed by atoms with Crippen LogP contribution in [0.25, 0.3) is 6.08 Å². The lowest BCUT2D eigenvalue weighted by molar-refractivity contribution is -0.121. The summed E-state index contributed by atoms with van der Waals surface area (Å²) in [5.74, 6) is -1.82. The number of halogens is 1. The minimum absolute atomic E-state index is 0.208. The van der Waals surface area contributed by atoms with Gasteiger partial charge >= 0.3 is 5.97 Å². The number of aliphatic imine (C=N–C) groups is 1. The summed E-state index contributed by atoms with van der Waals surface area (Å²) in [4.78, 5) is 29.5. The molecule has 26 heavy (non-hydrogen) atoms. The molecule has 2 aromatic rings. The Balaban J connectivity index is 1.90. The number of phenols is 1. The van der Waals surface area contributed by atoms with Crippen molar-refractivity contribution in [3.8, 4) is 5.75 Å². The van der Waals surface area contributed by atoms with Crippen LogP contribution in [-0.4, -0.2) is 39.2 Å². The quantitative estimate of drug-likeness (QED) is 0.776. The molecule has 1 heterocycles. The Morgan fingerprint density at radius 3 is 2.69 bits per heavy atom. The highest BCUT2D eigenvalue weighted by molar-refractivity contribution is 8.18. The van der Waals surface area contributed by atoms with Gasteiger partial charge in [-0.1, -0.05) is 23.7 Å². The Morgan fingerprint density at radius 2 is 2.04 bits per heavy atom. The number of benzene rings is 2. The predicted octanol–water partition coefficient (Wildman–Crippen LogP) is 3.98. The number of hydrogen-bond donors (Lipinski definition) is 2. The molecule has 8 heteroatoms. The lowest BCUT2D eigenvalue weighted by Gasteiger charge is -2.07. The fourth-order valence-electron chi connectivity index (χ4n) is 2.28. The molecule has 1 saturated heterocycles. The molecule has 2 aromatic carbocycles. The third-order valence-electron chi connectivity index (χ3n) is 3.59. The molecule has 0 aromatic heterocycles. The van der Waals surface area contributed by atoms with Gasteiger partial charge in [0.2, 0.25) is 0 Å². The number of aromatic hydroxyl groups is 1. The van der Waals surface area contributed by atoms with Gasteiger partial charge in [0.25, 0.3) is 5.91 Å². The van der Waals surface area contributed by atoms with Gasteiger partial charge < -0.3 is 10.2 Å². The number of carboxylic acids is 1. The summed E-state index contributed by atoms with van der Waals surface area (Å²) >= 11 is 7.15. The molecule has 0 aliphatic carbocycles. The number of carbonyl (C=O) groups is 2. The second-order valence-electron chi connectivity index (χ2n) is 5.43. The van der Waals surface area contributed by atoms with Crippen molar-refractivity contribution in [3.63, 3.8) is 0 Å². The summed E-state index contributed by atoms with van der Waals surface area (Å²) in [6.45, 7) is 0. The molecule has 0 saturated carbocycles. The van der Waals surface area contributed by atoms with Crippen LogP contribution in [0.15, 0.2) is 52.4 Å². The third-order valence-corrected chi connectivity index (χ3v) is 4.88. The highest BCUT2D eigenvalue weighted by Crippen LogP contribution is 2.34. The standard InChI is InChI=1S/C18H13ClN2O4S/c1-21-16(23)15(8-10-3-2-4-11(19)7-10)26-18(21)20-12-5-6-13(17(24)25)14(22)9-12/h2-9,22H,1H3,(H,24,25)/b15-8-,20-18?. The summed E-state index contributed by atoms with van der Waals surface area (Å²) in [7, 11) is 1.60. The number of hydrogen-bond acceptors (Lipinski definition) is 5. The van der Waals surface area contributed by atoms with Gasteiger partial charge in [-0.25, -0.2) is 9.79 Å². The van der Waals surface area contributed by atoms with Gasteiger partial charge in [0, 0.05) is 18.1 Å². The largest absolute Gasteiger partial charge is 0.507 e. The number of aromatic carboxylic acids is 1. The van der Waals surface area contributed by atoms with Crippen molar-refractivity contribution < 1.29 is 19.8 Å². The first-order valence-electron chi connectivity index (χ1n) is 7.43. The van der Waals surface area contributed by atoms with Crippen molar-refractivity contribution in [1.29, 1.82) is 0 Å². The van der Waals surface area contributed by atoms with E-state index in [0.29, 0.717) is 20.8 Å². The zero-order chi connectivity index (χ0) is 18.8. The van der Waals surface area contributed by atoms with Gasteiger partial charge in [0.05, 0.1) is 10.6 Å². The van der Waals surface area contributed by atoms with E-state index in [1.807, 2.05) is 6.07 Å². The van der Waals surface area contributed by atoms with E-state index in [1.54, 1.807) is 31.3 Å². The van der Waals surface area contributed by atoms with E-state index >= 15 is 0 Å². The SMILES string of the molecule is CN1C(=O)/C(=C/c2cccc(Cl)c2)SC1=Nc1ccc(C(=O)O)c(O)c1. The summed E-state index contributed by atoms with van der Waals surface area (Å²) < 4.78 is 0. The molecule has 0 spiro atoms. The normalized spacial score (nSPS) is 17.3. The fourth-order valence-corrected chi connectivity index (χ4v) is 3.47. The number of rotatable bonds is 3. The van der Waals surface area contributed by atoms with Crippen molar-refractivity contribution in [2.75, 3.05) is 7.05 Å². The average molecular weight is 389 g/mol. The fraction of sp³-hybridized carbons (Fsp3) is 0.0556. The van der Waals surface area contributed by atoms with Gasteiger partial charge in [0.1, 0.15) is 11.3 Å². The molecule has 0 bridgehead atoms. The number of amides is 1. The van der Waals surface area contributed by atoms with Crippen LogP contribution in [-0.2, 0) is 4.79 Å². The molecule has 0 radical (unpaired) electrons. The molecule has 2 N–H and O–H groups in total. The van der Waals surface area contributed by atoms with Gasteiger partial charge in [-0.3, -0.25) is 9.69 Å². The molecule has 1 aliphatic heterocycles. The van der Waals surface area contributed by atoms with Crippen LogP contribution in [0.5, 0.6) is 5.75 Å². The van der Waals surface area contributed by atoms with Crippen LogP contribution < -0.4 is 0 Å². The van der Waals surface area contributed by atoms with Crippen molar-refractivity contribution in [2.45, 2.75) is 0 Å². The number of carbonyl (C=O) groups excluding carboxylic acids is 1. The number of thioether (sulfide) groups is 1. The molecule has 132 valence electrons. The minimum atomic E-state index is -1.23. The first kappa shape index (κ1) is 18.0. The molecular formula is C18H13ClN2O4S. The van der Waals surface area contributed by atoms with Gasteiger partial charge in [-0.05, 0) is 47.7 Å². The maximum absolute atomic E-state index is 12.4. The number of nitrogens with zero attached hydrogens (tertiary/aromatic N) is 2. The van der Waals surface area contributed by atoms with Crippen LogP contribution in [0.4, 0.5) is 5.69 Å². The summed E-state index contributed by atoms with van der Waals surface area (Å²) in [5, 5.41) is 19.7. The number of likely N-dealkylation sites (N-methyl/N-ethyl adjacent to an activating group) is 1. The van der Waals surface area contributed by atoms with Crippen molar-refractivity contribution in [1.82, 2.24) is 4.90 Å². The maximum atomic E-state index is 12.4. The predicted molar refractivity (Wildman–Crippen MR) is 102 cm³/mol. The van der Waals surface area contributed by atoms with Gasteiger partial charge in [0.15, 0.2) is 5.17 Å². The highest BCUT2D eigenvalue weighted by atomic mass is 35.5. The minimum Gasteiger partial charge on any atom is -0.507 e. The van der Waals surface area contributed by atoms with E-state index in [4.69, 9.17) is 16.7 Å². The van der Waals surface area contributed by atoms with Crippen LogP contribution in [0.1, 0.15) is 15.9 Å². The van der Waals surface area contributed by atoms with Crippen LogP contribution in [0.3, 0.4) is 0 Å². The van der Waals surface area contributed by atoms with E-state index in [0.717, 1.165) is 5.56 Å². The number of amidine groups is 1. The monoisotopic (exact) mass is 388 g/mol. The Morgan fingerprint density at radius 1 is 1.27 bits per heavy atom. The van der Waals surface area contributed by atoms with Crippen LogP contribution in [0, 0.1) is 0 Å². The zero-order valence-electron chi connectivity index (χ0n) is 13.5. The second kappa shape index (κ2) is 7.23. The van der Waals surface area contributed by atoms with Crippen LogP contribution >= 0.6 is 23.4 Å². The molecule has 6 nitrogen and oxygen atoms in total. The first-order chi connectivity index (χ1) is 12.3. The van der Waals surface area contributed by atoms with E-state index < -0.39 is 5.97 Å². The van der Waals surface area contributed by atoms with E-state index in [9.17, 15) is 14.7 Å². The van der Waals surface area contributed by atoms with Crippen molar-refractivity contribution >= 4 is 52.2 Å². The lowest BCUT2D eigenvalue weighted by atomic mass is 10.2. The molecule has 0 unspecified atom stereocenters.